The lowest BCUT2D eigenvalue weighted by atomic mass is 9.84. The number of nitrogen functional groups attached to an aromatic ring is 1. The highest BCUT2D eigenvalue weighted by atomic mass is 15.2. The van der Waals surface area contributed by atoms with Gasteiger partial charge in [0.1, 0.15) is 0 Å². The van der Waals surface area contributed by atoms with Gasteiger partial charge in [0.05, 0.1) is 5.69 Å². The van der Waals surface area contributed by atoms with Crippen LogP contribution in [0.25, 0.3) is 0 Å². The molecule has 3 nitrogen and oxygen atoms in total. The predicted molar refractivity (Wildman–Crippen MR) is 60.6 cm³/mol. The third-order valence-electron chi connectivity index (χ3n) is 4.09. The molecule has 3 heterocycles. The van der Waals surface area contributed by atoms with Crippen molar-refractivity contribution in [3.05, 3.63) is 24.0 Å². The molecule has 0 aromatic carbocycles. The van der Waals surface area contributed by atoms with Gasteiger partial charge in [0.2, 0.25) is 0 Å². The van der Waals surface area contributed by atoms with Gasteiger partial charge >= 0.3 is 0 Å². The van der Waals surface area contributed by atoms with Crippen molar-refractivity contribution in [3.8, 4) is 0 Å². The van der Waals surface area contributed by atoms with E-state index in [-0.39, 0.29) is 0 Å². The van der Waals surface area contributed by atoms with E-state index in [0.29, 0.717) is 5.92 Å². The van der Waals surface area contributed by atoms with Crippen LogP contribution in [0.4, 0.5) is 5.69 Å². The number of fused-ring (bicyclic) bond motifs is 2. The average Bonchev–Trinajstić information content (AvgIpc) is 2.74. The summed E-state index contributed by atoms with van der Waals surface area (Å²) >= 11 is 0. The number of hydrogen-bond acceptors (Lipinski definition) is 3. The fourth-order valence-electron chi connectivity index (χ4n) is 3.30. The maximum absolute atomic E-state index is 5.78. The lowest BCUT2D eigenvalue weighted by molar-refractivity contribution is 0.307. The fraction of sp³-hybridized carbons (Fsp3) is 0.583. The molecule has 2 fully saturated rings. The predicted octanol–water partition coefficient (Wildman–Crippen LogP) is 1.61. The molecule has 2 bridgehead atoms. The molecule has 0 amide bonds. The normalized spacial score (nSPS) is 34.9. The Morgan fingerprint density at radius 2 is 2.27 bits per heavy atom. The van der Waals surface area contributed by atoms with Gasteiger partial charge in [-0.2, -0.15) is 0 Å². The molecule has 0 radical (unpaired) electrons. The Morgan fingerprint density at radius 1 is 1.40 bits per heavy atom. The molecule has 1 aromatic rings. The molecule has 1 aromatic heterocycles. The van der Waals surface area contributed by atoms with Crippen LogP contribution < -0.4 is 5.73 Å². The van der Waals surface area contributed by atoms with Crippen molar-refractivity contribution in [2.24, 2.45) is 0 Å². The number of nitrogens with zero attached hydrogens (tertiary/aromatic N) is 2. The first kappa shape index (κ1) is 9.16. The highest BCUT2D eigenvalue weighted by molar-refractivity contribution is 5.39. The van der Waals surface area contributed by atoms with Crippen LogP contribution in [0.2, 0.25) is 0 Å². The standard InChI is InChI=1S/C12H17N3/c1-15-10-2-3-12(15)11(5-10)8-4-9(13)7-14-6-8/h4,6-7,10-12H,2-3,5,13H2,1H3/t10-,11+,12+/m0/s1. The van der Waals surface area contributed by atoms with E-state index >= 15 is 0 Å². The zero-order valence-corrected chi connectivity index (χ0v) is 9.06. The number of likely N-dealkylation sites (N-methyl/N-ethyl adjacent to an activating group) is 1. The molecule has 0 aliphatic carbocycles. The van der Waals surface area contributed by atoms with Crippen molar-refractivity contribution in [2.75, 3.05) is 12.8 Å². The number of hydrogen-bond donors (Lipinski definition) is 1. The van der Waals surface area contributed by atoms with Crippen molar-refractivity contribution in [1.29, 1.82) is 0 Å². The second-order valence-electron chi connectivity index (χ2n) is 4.86. The minimum atomic E-state index is 0.657. The van der Waals surface area contributed by atoms with E-state index in [0.717, 1.165) is 17.8 Å². The van der Waals surface area contributed by atoms with Crippen LogP contribution in [0, 0.1) is 0 Å². The first-order valence-electron chi connectivity index (χ1n) is 5.68. The fourth-order valence-corrected chi connectivity index (χ4v) is 3.30. The van der Waals surface area contributed by atoms with Crippen LogP contribution in [0.1, 0.15) is 30.7 Å². The lowest BCUT2D eigenvalue weighted by Crippen LogP contribution is -2.25. The summed E-state index contributed by atoms with van der Waals surface area (Å²) < 4.78 is 0. The molecule has 2 N–H and O–H groups in total. The van der Waals surface area contributed by atoms with Crippen molar-refractivity contribution < 1.29 is 0 Å². The Bertz CT molecular complexity index is 377. The van der Waals surface area contributed by atoms with Gasteiger partial charge in [-0.3, -0.25) is 9.88 Å². The molecular formula is C12H17N3. The van der Waals surface area contributed by atoms with Gasteiger partial charge in [0.15, 0.2) is 0 Å². The molecular weight excluding hydrogens is 186 g/mol. The number of nitrogens with two attached hydrogens (primary N) is 1. The first-order chi connectivity index (χ1) is 7.25. The summed E-state index contributed by atoms with van der Waals surface area (Å²) in [6.45, 7) is 0. The molecule has 3 heteroatoms. The molecule has 0 saturated carbocycles. The largest absolute Gasteiger partial charge is 0.397 e. The summed E-state index contributed by atoms with van der Waals surface area (Å²) in [4.78, 5) is 6.73. The first-order valence-corrected chi connectivity index (χ1v) is 5.68. The highest BCUT2D eigenvalue weighted by Crippen LogP contribution is 2.45. The van der Waals surface area contributed by atoms with E-state index in [1.165, 1.54) is 24.8 Å². The lowest BCUT2D eigenvalue weighted by Gasteiger charge is -2.21. The van der Waals surface area contributed by atoms with Crippen LogP contribution in [-0.2, 0) is 0 Å². The molecule has 3 atom stereocenters. The van der Waals surface area contributed by atoms with Gasteiger partial charge < -0.3 is 5.73 Å². The Labute approximate surface area is 90.3 Å². The quantitative estimate of drug-likeness (QED) is 0.754. The van der Waals surface area contributed by atoms with E-state index in [1.807, 2.05) is 6.20 Å². The Balaban J connectivity index is 1.90. The van der Waals surface area contributed by atoms with Crippen LogP contribution >= 0.6 is 0 Å². The zero-order chi connectivity index (χ0) is 10.4. The van der Waals surface area contributed by atoms with Gasteiger partial charge in [-0.1, -0.05) is 0 Å². The van der Waals surface area contributed by atoms with Crippen molar-refractivity contribution in [1.82, 2.24) is 9.88 Å². The van der Waals surface area contributed by atoms with Gasteiger partial charge in [0, 0.05) is 30.4 Å². The van der Waals surface area contributed by atoms with Gasteiger partial charge in [-0.15, -0.1) is 0 Å². The van der Waals surface area contributed by atoms with Gasteiger partial charge in [-0.05, 0) is 37.9 Å². The van der Waals surface area contributed by atoms with E-state index in [9.17, 15) is 0 Å². The molecule has 15 heavy (non-hydrogen) atoms. The van der Waals surface area contributed by atoms with E-state index in [4.69, 9.17) is 5.73 Å². The van der Waals surface area contributed by atoms with Crippen LogP contribution in [-0.4, -0.2) is 29.0 Å². The van der Waals surface area contributed by atoms with E-state index in [2.05, 4.69) is 23.0 Å². The summed E-state index contributed by atoms with van der Waals surface area (Å²) in [7, 11) is 2.25. The smallest absolute Gasteiger partial charge is 0.0503 e. The average molecular weight is 203 g/mol. The summed E-state index contributed by atoms with van der Waals surface area (Å²) in [6, 6.07) is 3.60. The second-order valence-corrected chi connectivity index (χ2v) is 4.86. The minimum Gasteiger partial charge on any atom is -0.397 e. The SMILES string of the molecule is CN1[C@H]2CC[C@@H]1[C@@H](c1cncc(N)c1)C2. The second kappa shape index (κ2) is 3.20. The summed E-state index contributed by atoms with van der Waals surface area (Å²) in [6.07, 6.45) is 7.69. The van der Waals surface area contributed by atoms with Crippen molar-refractivity contribution >= 4 is 5.69 Å². The van der Waals surface area contributed by atoms with E-state index < -0.39 is 0 Å². The molecule has 0 spiro atoms. The number of aromatic nitrogens is 1. The number of pyridine rings is 1. The molecule has 2 aliphatic heterocycles. The van der Waals surface area contributed by atoms with Crippen molar-refractivity contribution in [3.63, 3.8) is 0 Å². The van der Waals surface area contributed by atoms with Gasteiger partial charge in [0.25, 0.3) is 0 Å². The molecule has 2 saturated heterocycles. The maximum Gasteiger partial charge on any atom is 0.0503 e. The van der Waals surface area contributed by atoms with Crippen LogP contribution in [0.3, 0.4) is 0 Å². The molecule has 3 rings (SSSR count). The minimum absolute atomic E-state index is 0.657. The molecule has 0 unspecified atom stereocenters. The Hall–Kier alpha value is -1.09. The van der Waals surface area contributed by atoms with Gasteiger partial charge in [-0.25, -0.2) is 0 Å². The summed E-state index contributed by atoms with van der Waals surface area (Å²) in [5.74, 6) is 0.657. The number of rotatable bonds is 1. The topological polar surface area (TPSA) is 42.2 Å². The number of anilines is 1. The third kappa shape index (κ3) is 1.34. The Morgan fingerprint density at radius 3 is 2.87 bits per heavy atom. The van der Waals surface area contributed by atoms with Crippen LogP contribution in [0.15, 0.2) is 18.5 Å². The maximum atomic E-state index is 5.78. The summed E-state index contributed by atoms with van der Waals surface area (Å²) in [5.41, 5.74) is 7.90. The molecule has 80 valence electrons. The zero-order valence-electron chi connectivity index (χ0n) is 9.06. The third-order valence-corrected chi connectivity index (χ3v) is 4.09. The van der Waals surface area contributed by atoms with Crippen LogP contribution in [0.5, 0.6) is 0 Å². The highest BCUT2D eigenvalue weighted by Gasteiger charge is 2.44. The monoisotopic (exact) mass is 203 g/mol. The van der Waals surface area contributed by atoms with E-state index in [1.54, 1.807) is 6.20 Å². The Kier molecular flexibility index (Phi) is 1.96. The molecule has 2 aliphatic rings. The summed E-state index contributed by atoms with van der Waals surface area (Å²) in [5, 5.41) is 0. The van der Waals surface area contributed by atoms with Crippen molar-refractivity contribution in [2.45, 2.75) is 37.3 Å².